The van der Waals surface area contributed by atoms with Gasteiger partial charge in [-0.2, -0.15) is 0 Å². The number of nitrogens with zero attached hydrogens (tertiary/aromatic N) is 2. The zero-order valence-corrected chi connectivity index (χ0v) is 14.7. The summed E-state index contributed by atoms with van der Waals surface area (Å²) in [5, 5.41) is 0. The van der Waals surface area contributed by atoms with E-state index in [9.17, 15) is 14.4 Å². The van der Waals surface area contributed by atoms with Crippen LogP contribution in [0.25, 0.3) is 0 Å². The van der Waals surface area contributed by atoms with Crippen LogP contribution in [0, 0.1) is 5.92 Å². The number of nitrogens with two attached hydrogens (primary N) is 1. The lowest BCUT2D eigenvalue weighted by Crippen LogP contribution is -2.41. The highest BCUT2D eigenvalue weighted by Gasteiger charge is 2.29. The van der Waals surface area contributed by atoms with Gasteiger partial charge in [-0.3, -0.25) is 14.4 Å². The fraction of sp³-hybridized carbons (Fsp3) is 0.526. The minimum Gasteiger partial charge on any atom is -0.369 e. The number of rotatable bonds is 3. The van der Waals surface area contributed by atoms with Crippen molar-refractivity contribution in [1.29, 1.82) is 0 Å². The Morgan fingerprint density at radius 2 is 1.76 bits per heavy atom. The molecule has 1 aromatic rings. The molecule has 3 amide bonds. The third-order valence-electron chi connectivity index (χ3n) is 5.24. The number of fused-ring (bicyclic) bond motifs is 1. The Labute approximate surface area is 148 Å². The summed E-state index contributed by atoms with van der Waals surface area (Å²) in [5.74, 6) is -1.10. The predicted molar refractivity (Wildman–Crippen MR) is 93.7 cm³/mol. The highest BCUT2D eigenvalue weighted by molar-refractivity contribution is 5.82. The minimum atomic E-state index is -0.518. The van der Waals surface area contributed by atoms with E-state index in [-0.39, 0.29) is 24.9 Å². The number of carbonyl (C=O) groups excluding carboxylic acids is 3. The van der Waals surface area contributed by atoms with Gasteiger partial charge in [0.15, 0.2) is 0 Å². The summed E-state index contributed by atoms with van der Waals surface area (Å²) in [4.78, 5) is 39.3. The normalized spacial score (nSPS) is 20.1. The fourth-order valence-corrected chi connectivity index (χ4v) is 3.73. The number of amides is 3. The number of hydrogen-bond donors (Lipinski definition) is 1. The monoisotopic (exact) mass is 343 g/mol. The maximum atomic E-state index is 12.7. The van der Waals surface area contributed by atoms with Crippen molar-refractivity contribution < 1.29 is 14.4 Å². The summed E-state index contributed by atoms with van der Waals surface area (Å²) in [6, 6.07) is 6.27. The second-order valence-corrected chi connectivity index (χ2v) is 7.04. The van der Waals surface area contributed by atoms with E-state index in [2.05, 4.69) is 12.1 Å². The Balaban J connectivity index is 1.70. The maximum Gasteiger partial charge on any atom is 0.227 e. The molecule has 134 valence electrons. The quantitative estimate of drug-likeness (QED) is 0.868. The van der Waals surface area contributed by atoms with Crippen LogP contribution in [0.2, 0.25) is 0 Å². The standard InChI is InChI=1S/C19H25N3O3/c1-13(23)21-7-8-22(12-17(11-21)19(20)25)18(24)10-14-5-6-15-3-2-4-16(15)9-14/h5-6,9,17H,2-4,7-8,10-12H2,1H3,(H2,20,25). The molecule has 1 atom stereocenters. The summed E-state index contributed by atoms with van der Waals surface area (Å²) in [6.07, 6.45) is 3.70. The van der Waals surface area contributed by atoms with Crippen molar-refractivity contribution in [3.05, 3.63) is 34.9 Å². The molecular weight excluding hydrogens is 318 g/mol. The molecule has 6 heteroatoms. The van der Waals surface area contributed by atoms with E-state index in [0.29, 0.717) is 19.5 Å². The molecule has 0 spiro atoms. The van der Waals surface area contributed by atoms with E-state index in [1.165, 1.54) is 24.5 Å². The molecule has 0 saturated carbocycles. The number of carbonyl (C=O) groups is 3. The predicted octanol–water partition coefficient (Wildman–Crippen LogP) is 0.510. The van der Waals surface area contributed by atoms with Crippen LogP contribution < -0.4 is 5.73 Å². The third-order valence-corrected chi connectivity index (χ3v) is 5.24. The van der Waals surface area contributed by atoms with Crippen LogP contribution in [0.3, 0.4) is 0 Å². The van der Waals surface area contributed by atoms with Crippen molar-refractivity contribution in [2.24, 2.45) is 11.7 Å². The van der Waals surface area contributed by atoms with Gasteiger partial charge in [0.1, 0.15) is 0 Å². The van der Waals surface area contributed by atoms with Crippen molar-refractivity contribution in [3.8, 4) is 0 Å². The Kier molecular flexibility index (Phi) is 5.06. The number of primary amides is 1. The van der Waals surface area contributed by atoms with E-state index >= 15 is 0 Å². The Morgan fingerprint density at radius 3 is 2.48 bits per heavy atom. The van der Waals surface area contributed by atoms with Crippen LogP contribution in [0.1, 0.15) is 30.0 Å². The number of hydrogen-bond acceptors (Lipinski definition) is 3. The Morgan fingerprint density at radius 1 is 1.08 bits per heavy atom. The number of benzene rings is 1. The van der Waals surface area contributed by atoms with Gasteiger partial charge in [0, 0.05) is 33.1 Å². The molecule has 1 aromatic carbocycles. The summed E-state index contributed by atoms with van der Waals surface area (Å²) in [6.45, 7) is 2.92. The molecule has 0 bridgehead atoms. The van der Waals surface area contributed by atoms with E-state index in [4.69, 9.17) is 5.73 Å². The number of aryl methyl sites for hydroxylation is 2. The first kappa shape index (κ1) is 17.5. The summed E-state index contributed by atoms with van der Waals surface area (Å²) in [5.41, 5.74) is 9.20. The minimum absolute atomic E-state index is 0.0189. The van der Waals surface area contributed by atoms with Crippen LogP contribution in [0.4, 0.5) is 0 Å². The lowest BCUT2D eigenvalue weighted by atomic mass is 10.0. The lowest BCUT2D eigenvalue weighted by molar-refractivity contribution is -0.132. The average molecular weight is 343 g/mol. The average Bonchev–Trinajstić information content (AvgIpc) is 2.89. The molecule has 1 fully saturated rings. The van der Waals surface area contributed by atoms with Gasteiger partial charge in [0.05, 0.1) is 12.3 Å². The molecule has 0 radical (unpaired) electrons. The molecule has 0 aromatic heterocycles. The van der Waals surface area contributed by atoms with Crippen LogP contribution in [0.5, 0.6) is 0 Å². The zero-order chi connectivity index (χ0) is 18.0. The zero-order valence-electron chi connectivity index (χ0n) is 14.7. The second kappa shape index (κ2) is 7.25. The van der Waals surface area contributed by atoms with E-state index in [1.54, 1.807) is 9.80 Å². The second-order valence-electron chi connectivity index (χ2n) is 7.04. The molecular formula is C19H25N3O3. The van der Waals surface area contributed by atoms with Crippen LogP contribution in [0.15, 0.2) is 18.2 Å². The van der Waals surface area contributed by atoms with Gasteiger partial charge in [-0.05, 0) is 36.0 Å². The van der Waals surface area contributed by atoms with Gasteiger partial charge in [0.2, 0.25) is 17.7 Å². The van der Waals surface area contributed by atoms with Crippen LogP contribution in [-0.2, 0) is 33.6 Å². The topological polar surface area (TPSA) is 83.7 Å². The molecule has 2 aliphatic rings. The van der Waals surface area contributed by atoms with Crippen LogP contribution in [-0.4, -0.2) is 53.7 Å². The van der Waals surface area contributed by atoms with Gasteiger partial charge in [-0.15, -0.1) is 0 Å². The molecule has 6 nitrogen and oxygen atoms in total. The first-order valence-electron chi connectivity index (χ1n) is 8.87. The Hall–Kier alpha value is -2.37. The third kappa shape index (κ3) is 4.00. The van der Waals surface area contributed by atoms with Gasteiger partial charge in [-0.1, -0.05) is 18.2 Å². The van der Waals surface area contributed by atoms with Gasteiger partial charge in [-0.25, -0.2) is 0 Å². The van der Waals surface area contributed by atoms with Crippen molar-refractivity contribution in [2.45, 2.75) is 32.6 Å². The van der Waals surface area contributed by atoms with Crippen molar-refractivity contribution in [3.63, 3.8) is 0 Å². The van der Waals surface area contributed by atoms with E-state index in [0.717, 1.165) is 18.4 Å². The van der Waals surface area contributed by atoms with Crippen molar-refractivity contribution in [2.75, 3.05) is 26.2 Å². The highest BCUT2D eigenvalue weighted by atomic mass is 16.2. The van der Waals surface area contributed by atoms with E-state index < -0.39 is 11.8 Å². The summed E-state index contributed by atoms with van der Waals surface area (Å²) >= 11 is 0. The van der Waals surface area contributed by atoms with Gasteiger partial charge in [0.25, 0.3) is 0 Å². The first-order valence-corrected chi connectivity index (χ1v) is 8.87. The van der Waals surface area contributed by atoms with Crippen molar-refractivity contribution >= 4 is 17.7 Å². The molecule has 25 heavy (non-hydrogen) atoms. The van der Waals surface area contributed by atoms with Crippen molar-refractivity contribution in [1.82, 2.24) is 9.80 Å². The smallest absolute Gasteiger partial charge is 0.227 e. The molecule has 1 heterocycles. The molecule has 1 aliphatic carbocycles. The molecule has 1 aliphatic heterocycles. The molecule has 1 unspecified atom stereocenters. The Bertz CT molecular complexity index is 701. The van der Waals surface area contributed by atoms with E-state index in [1.807, 2.05) is 6.07 Å². The van der Waals surface area contributed by atoms with Crippen LogP contribution >= 0.6 is 0 Å². The summed E-state index contributed by atoms with van der Waals surface area (Å²) in [7, 11) is 0. The maximum absolute atomic E-state index is 12.7. The fourth-order valence-electron chi connectivity index (χ4n) is 3.73. The van der Waals surface area contributed by atoms with Gasteiger partial charge >= 0.3 is 0 Å². The SMILES string of the molecule is CC(=O)N1CCN(C(=O)Cc2ccc3c(c2)CCC3)CC(C(N)=O)C1. The van der Waals surface area contributed by atoms with Gasteiger partial charge < -0.3 is 15.5 Å². The molecule has 1 saturated heterocycles. The first-order chi connectivity index (χ1) is 11.9. The summed E-state index contributed by atoms with van der Waals surface area (Å²) < 4.78 is 0. The molecule has 3 rings (SSSR count). The highest BCUT2D eigenvalue weighted by Crippen LogP contribution is 2.23. The molecule has 2 N–H and O–H groups in total. The largest absolute Gasteiger partial charge is 0.369 e. The lowest BCUT2D eigenvalue weighted by Gasteiger charge is -2.22.